The maximum Gasteiger partial charge on any atom is 0.243 e. The van der Waals surface area contributed by atoms with Crippen LogP contribution in [0.2, 0.25) is 0 Å². The van der Waals surface area contributed by atoms with E-state index in [2.05, 4.69) is 44.7 Å². The zero-order valence-electron chi connectivity index (χ0n) is 24.8. The predicted molar refractivity (Wildman–Crippen MR) is 166 cm³/mol. The molecule has 0 spiro atoms. The van der Waals surface area contributed by atoms with E-state index < -0.39 is 0 Å². The molecule has 2 saturated heterocycles. The quantitative estimate of drug-likeness (QED) is 0.165. The van der Waals surface area contributed by atoms with Gasteiger partial charge in [-0.05, 0) is 100 Å². The molecule has 0 aromatic heterocycles. The van der Waals surface area contributed by atoms with Crippen molar-refractivity contribution in [2.24, 2.45) is 0 Å². The Balaban J connectivity index is 1.00. The van der Waals surface area contributed by atoms with Crippen LogP contribution in [0.4, 0.5) is 0 Å². The first kappa shape index (κ1) is 31.3. The highest BCUT2D eigenvalue weighted by Gasteiger charge is 2.13. The lowest BCUT2D eigenvalue weighted by Crippen LogP contribution is -2.24. The molecular weight excluding hydrogens is 528 g/mol. The molecule has 2 aromatic rings. The molecule has 0 saturated carbocycles. The normalized spacial score (nSPS) is 15.9. The summed E-state index contributed by atoms with van der Waals surface area (Å²) in [6.07, 6.45) is 12.5. The fourth-order valence-corrected chi connectivity index (χ4v) is 5.22. The van der Waals surface area contributed by atoms with Crippen LogP contribution >= 0.6 is 0 Å². The summed E-state index contributed by atoms with van der Waals surface area (Å²) in [5.41, 5.74) is 2.54. The van der Waals surface area contributed by atoms with E-state index in [1.54, 1.807) is 12.2 Å². The van der Waals surface area contributed by atoms with Gasteiger partial charge in [0.2, 0.25) is 11.8 Å². The van der Waals surface area contributed by atoms with E-state index in [1.165, 1.54) is 75.1 Å². The van der Waals surface area contributed by atoms with Crippen LogP contribution < -0.4 is 20.1 Å². The van der Waals surface area contributed by atoms with Gasteiger partial charge >= 0.3 is 0 Å². The Labute approximate surface area is 250 Å². The van der Waals surface area contributed by atoms with Crippen LogP contribution in [-0.4, -0.2) is 74.1 Å². The summed E-state index contributed by atoms with van der Waals surface area (Å²) in [4.78, 5) is 28.9. The maximum absolute atomic E-state index is 12.0. The molecule has 226 valence electrons. The number of amides is 2. The summed E-state index contributed by atoms with van der Waals surface area (Å²) in [5.74, 6) is 1.34. The molecule has 2 amide bonds. The minimum absolute atomic E-state index is 0.200. The van der Waals surface area contributed by atoms with Crippen molar-refractivity contribution in [1.82, 2.24) is 20.4 Å². The standard InChI is InChI=1S/C34H46N4O4/c39-33(35-17-9-23-41-31-13-7-11-29(25-31)27-37-19-3-4-20-37)15-1-2-16-34(40)36-18-10-24-42-32-14-8-12-30(26-32)28-38-21-5-6-22-38/h1-2,7-8,11-16,25-26H,3-6,9-10,17-24,27-28H2,(H,35,39)(H,36,40). The number of carbonyl (C=O) groups is 2. The van der Waals surface area contributed by atoms with Crippen molar-refractivity contribution in [3.63, 3.8) is 0 Å². The van der Waals surface area contributed by atoms with Gasteiger partial charge < -0.3 is 20.1 Å². The van der Waals surface area contributed by atoms with Gasteiger partial charge in [-0.25, -0.2) is 0 Å². The number of hydrogen-bond acceptors (Lipinski definition) is 6. The molecule has 2 heterocycles. The van der Waals surface area contributed by atoms with Gasteiger partial charge in [-0.1, -0.05) is 36.4 Å². The summed E-state index contributed by atoms with van der Waals surface area (Å²) >= 11 is 0. The lowest BCUT2D eigenvalue weighted by molar-refractivity contribution is -0.117. The molecule has 8 nitrogen and oxygen atoms in total. The van der Waals surface area contributed by atoms with Gasteiger partial charge in [-0.3, -0.25) is 19.4 Å². The minimum Gasteiger partial charge on any atom is -0.494 e. The van der Waals surface area contributed by atoms with E-state index in [4.69, 9.17) is 9.47 Å². The van der Waals surface area contributed by atoms with Gasteiger partial charge in [0.05, 0.1) is 13.2 Å². The van der Waals surface area contributed by atoms with Crippen LogP contribution in [0.15, 0.2) is 72.8 Å². The van der Waals surface area contributed by atoms with Crippen molar-refractivity contribution in [2.75, 3.05) is 52.5 Å². The smallest absolute Gasteiger partial charge is 0.243 e. The molecule has 2 aromatic carbocycles. The first-order chi connectivity index (χ1) is 20.6. The van der Waals surface area contributed by atoms with Gasteiger partial charge in [0.1, 0.15) is 11.5 Å². The predicted octanol–water partition coefficient (Wildman–Crippen LogP) is 4.46. The molecule has 0 atom stereocenters. The number of nitrogens with one attached hydrogen (secondary N) is 2. The minimum atomic E-state index is -0.200. The summed E-state index contributed by atoms with van der Waals surface area (Å²) in [6.45, 7) is 8.75. The highest BCUT2D eigenvalue weighted by Crippen LogP contribution is 2.19. The van der Waals surface area contributed by atoms with Crippen LogP contribution in [0.1, 0.15) is 49.7 Å². The fourth-order valence-electron chi connectivity index (χ4n) is 5.22. The van der Waals surface area contributed by atoms with Crippen LogP contribution in [0.25, 0.3) is 0 Å². The Morgan fingerprint density at radius 1 is 0.667 bits per heavy atom. The number of likely N-dealkylation sites (tertiary alicyclic amines) is 2. The van der Waals surface area contributed by atoms with E-state index in [0.29, 0.717) is 39.1 Å². The number of allylic oxidation sites excluding steroid dienone is 2. The van der Waals surface area contributed by atoms with E-state index in [0.717, 1.165) is 24.6 Å². The number of rotatable bonds is 17. The Hall–Kier alpha value is -3.62. The van der Waals surface area contributed by atoms with Crippen LogP contribution in [0, 0.1) is 0 Å². The zero-order chi connectivity index (χ0) is 29.2. The number of benzene rings is 2. The van der Waals surface area contributed by atoms with Crippen molar-refractivity contribution in [2.45, 2.75) is 51.6 Å². The molecular formula is C34H46N4O4. The second-order valence-electron chi connectivity index (χ2n) is 11.0. The summed E-state index contributed by atoms with van der Waals surface area (Å²) in [7, 11) is 0. The SMILES string of the molecule is O=C(C=CC=CC(=O)NCCCOc1cccc(CN2CCCC2)c1)NCCCOc1cccc(CN2CCCC2)c1. The van der Waals surface area contributed by atoms with Gasteiger partial charge in [-0.2, -0.15) is 0 Å². The van der Waals surface area contributed by atoms with Crippen molar-refractivity contribution in [3.05, 3.63) is 84.0 Å². The number of ether oxygens (including phenoxy) is 2. The third kappa shape index (κ3) is 12.1. The molecule has 2 aliphatic heterocycles. The van der Waals surface area contributed by atoms with Crippen LogP contribution in [0.5, 0.6) is 11.5 Å². The molecule has 8 heteroatoms. The second kappa shape index (κ2) is 18.0. The third-order valence-electron chi connectivity index (χ3n) is 7.39. The molecule has 0 unspecified atom stereocenters. The van der Waals surface area contributed by atoms with Gasteiger partial charge in [-0.15, -0.1) is 0 Å². The Bertz CT molecular complexity index is 1080. The maximum atomic E-state index is 12.0. The van der Waals surface area contributed by atoms with Crippen LogP contribution in [0.3, 0.4) is 0 Å². The lowest BCUT2D eigenvalue weighted by Gasteiger charge is -2.15. The van der Waals surface area contributed by atoms with Gasteiger partial charge in [0, 0.05) is 38.3 Å². The second-order valence-corrected chi connectivity index (χ2v) is 11.0. The first-order valence-corrected chi connectivity index (χ1v) is 15.4. The summed E-state index contributed by atoms with van der Waals surface area (Å²) in [6, 6.07) is 16.5. The number of carbonyl (C=O) groups excluding carboxylic acids is 2. The third-order valence-corrected chi connectivity index (χ3v) is 7.39. The highest BCUT2D eigenvalue weighted by atomic mass is 16.5. The van der Waals surface area contributed by atoms with E-state index in [-0.39, 0.29) is 11.8 Å². The van der Waals surface area contributed by atoms with E-state index >= 15 is 0 Å². The Morgan fingerprint density at radius 2 is 1.10 bits per heavy atom. The number of nitrogens with zero attached hydrogens (tertiary/aromatic N) is 2. The highest BCUT2D eigenvalue weighted by molar-refractivity contribution is 5.89. The van der Waals surface area contributed by atoms with E-state index in [9.17, 15) is 9.59 Å². The van der Waals surface area contributed by atoms with Crippen molar-refractivity contribution in [1.29, 1.82) is 0 Å². The molecule has 2 aliphatic rings. The van der Waals surface area contributed by atoms with Crippen molar-refractivity contribution < 1.29 is 19.1 Å². The topological polar surface area (TPSA) is 83.1 Å². The fraction of sp³-hybridized carbons (Fsp3) is 0.471. The molecule has 0 aliphatic carbocycles. The monoisotopic (exact) mass is 574 g/mol. The molecule has 2 fully saturated rings. The first-order valence-electron chi connectivity index (χ1n) is 15.4. The molecule has 4 rings (SSSR count). The van der Waals surface area contributed by atoms with Gasteiger partial charge in [0.15, 0.2) is 0 Å². The average molecular weight is 575 g/mol. The molecule has 42 heavy (non-hydrogen) atoms. The molecule has 2 N–H and O–H groups in total. The van der Waals surface area contributed by atoms with Gasteiger partial charge in [0.25, 0.3) is 0 Å². The van der Waals surface area contributed by atoms with E-state index in [1.807, 2.05) is 24.3 Å². The Morgan fingerprint density at radius 3 is 1.52 bits per heavy atom. The number of hydrogen-bond donors (Lipinski definition) is 2. The zero-order valence-corrected chi connectivity index (χ0v) is 24.8. The average Bonchev–Trinajstić information content (AvgIpc) is 3.70. The largest absolute Gasteiger partial charge is 0.494 e. The molecule has 0 radical (unpaired) electrons. The Kier molecular flexibility index (Phi) is 13.4. The van der Waals surface area contributed by atoms with Crippen molar-refractivity contribution >= 4 is 11.8 Å². The van der Waals surface area contributed by atoms with Crippen molar-refractivity contribution in [3.8, 4) is 11.5 Å². The molecule has 0 bridgehead atoms. The summed E-state index contributed by atoms with van der Waals surface area (Å²) in [5, 5.41) is 5.67. The van der Waals surface area contributed by atoms with Crippen LogP contribution in [-0.2, 0) is 22.7 Å². The lowest BCUT2D eigenvalue weighted by atomic mass is 10.2. The summed E-state index contributed by atoms with van der Waals surface area (Å²) < 4.78 is 11.7.